The summed E-state index contributed by atoms with van der Waals surface area (Å²) in [7, 11) is 0. The van der Waals surface area contributed by atoms with Gasteiger partial charge in [0.1, 0.15) is 0 Å². The van der Waals surface area contributed by atoms with Crippen LogP contribution in [0.3, 0.4) is 0 Å². The lowest BCUT2D eigenvalue weighted by molar-refractivity contribution is -0.0708. The molecule has 2 nitrogen and oxygen atoms in total. The molecule has 0 aliphatic carbocycles. The number of nitrogens with one attached hydrogen (secondary N) is 1. The zero-order chi connectivity index (χ0) is 13.2. The van der Waals surface area contributed by atoms with E-state index in [1.54, 1.807) is 0 Å². The Morgan fingerprint density at radius 3 is 2.94 bits per heavy atom. The molecule has 3 heteroatoms. The predicted octanol–water partition coefficient (Wildman–Crippen LogP) is 4.41. The van der Waals surface area contributed by atoms with E-state index in [0.29, 0.717) is 6.04 Å². The Kier molecular flexibility index (Phi) is 4.18. The first-order valence-corrected chi connectivity index (χ1v) is 7.07. The van der Waals surface area contributed by atoms with Crippen LogP contribution in [-0.4, -0.2) is 18.2 Å². The highest BCUT2D eigenvalue weighted by molar-refractivity contribution is 6.30. The fourth-order valence-electron chi connectivity index (χ4n) is 2.51. The van der Waals surface area contributed by atoms with Crippen molar-refractivity contribution in [3.63, 3.8) is 0 Å². The van der Waals surface area contributed by atoms with E-state index in [2.05, 4.69) is 32.2 Å². The first-order valence-electron chi connectivity index (χ1n) is 6.69. The first kappa shape index (κ1) is 13.7. The lowest BCUT2D eigenvalue weighted by Crippen LogP contribution is -2.41. The van der Waals surface area contributed by atoms with Gasteiger partial charge in [-0.25, -0.2) is 0 Å². The molecule has 1 heterocycles. The summed E-state index contributed by atoms with van der Waals surface area (Å²) in [6.45, 7) is 7.33. The molecule has 2 rings (SSSR count). The van der Waals surface area contributed by atoms with E-state index in [9.17, 15) is 0 Å². The molecule has 0 spiro atoms. The average molecular weight is 268 g/mol. The van der Waals surface area contributed by atoms with Gasteiger partial charge < -0.3 is 10.1 Å². The molecule has 1 aliphatic heterocycles. The molecule has 0 aromatic heterocycles. The van der Waals surface area contributed by atoms with Crippen LogP contribution in [0.2, 0.25) is 5.02 Å². The maximum Gasteiger partial charge on any atom is 0.0671 e. The first-order chi connectivity index (χ1) is 8.52. The third-order valence-electron chi connectivity index (χ3n) is 3.89. The number of benzene rings is 1. The molecular formula is C15H22ClNO. The Morgan fingerprint density at radius 2 is 2.28 bits per heavy atom. The zero-order valence-corrected chi connectivity index (χ0v) is 12.2. The molecule has 18 heavy (non-hydrogen) atoms. The second kappa shape index (κ2) is 5.50. The van der Waals surface area contributed by atoms with E-state index < -0.39 is 0 Å². The minimum atomic E-state index is 0.0241. The average Bonchev–Trinajstić information content (AvgIpc) is 2.33. The Balaban J connectivity index is 2.05. The van der Waals surface area contributed by atoms with E-state index in [1.165, 1.54) is 11.3 Å². The smallest absolute Gasteiger partial charge is 0.0671 e. The molecule has 1 fully saturated rings. The highest BCUT2D eigenvalue weighted by Crippen LogP contribution is 2.30. The van der Waals surface area contributed by atoms with Gasteiger partial charge in [0.2, 0.25) is 0 Å². The van der Waals surface area contributed by atoms with E-state index in [-0.39, 0.29) is 5.60 Å². The lowest BCUT2D eigenvalue weighted by atomic mass is 9.89. The van der Waals surface area contributed by atoms with Crippen molar-refractivity contribution in [2.75, 3.05) is 11.9 Å². The van der Waals surface area contributed by atoms with Crippen molar-refractivity contribution < 1.29 is 4.74 Å². The van der Waals surface area contributed by atoms with Crippen LogP contribution in [0.5, 0.6) is 0 Å². The van der Waals surface area contributed by atoms with Gasteiger partial charge in [0, 0.05) is 23.4 Å². The van der Waals surface area contributed by atoms with Gasteiger partial charge in [-0.15, -0.1) is 0 Å². The van der Waals surface area contributed by atoms with Gasteiger partial charge in [-0.2, -0.15) is 0 Å². The molecule has 0 amide bonds. The Bertz CT molecular complexity index is 421. The topological polar surface area (TPSA) is 21.3 Å². The van der Waals surface area contributed by atoms with Crippen LogP contribution >= 0.6 is 11.6 Å². The van der Waals surface area contributed by atoms with Crippen molar-refractivity contribution in [3.8, 4) is 0 Å². The van der Waals surface area contributed by atoms with Crippen molar-refractivity contribution in [2.45, 2.75) is 51.7 Å². The standard InChI is InChI=1S/C15H22ClNO/c1-4-15(3)10-13(7-8-18-15)17-14-6-5-12(16)9-11(14)2/h5-6,9,13,17H,4,7-8,10H2,1-3H3. The highest BCUT2D eigenvalue weighted by Gasteiger charge is 2.31. The molecule has 0 saturated carbocycles. The summed E-state index contributed by atoms with van der Waals surface area (Å²) < 4.78 is 5.87. The Labute approximate surface area is 115 Å². The van der Waals surface area contributed by atoms with Gasteiger partial charge in [0.15, 0.2) is 0 Å². The minimum Gasteiger partial charge on any atom is -0.382 e. The molecule has 1 aromatic rings. The van der Waals surface area contributed by atoms with Crippen molar-refractivity contribution in [1.29, 1.82) is 0 Å². The van der Waals surface area contributed by atoms with E-state index in [4.69, 9.17) is 16.3 Å². The van der Waals surface area contributed by atoms with Crippen molar-refractivity contribution >= 4 is 17.3 Å². The summed E-state index contributed by atoms with van der Waals surface area (Å²) in [5.74, 6) is 0. The number of aryl methyl sites for hydroxylation is 1. The molecule has 1 N–H and O–H groups in total. The van der Waals surface area contributed by atoms with Crippen molar-refractivity contribution in [1.82, 2.24) is 0 Å². The number of anilines is 1. The summed E-state index contributed by atoms with van der Waals surface area (Å²) in [6.07, 6.45) is 3.19. The quantitative estimate of drug-likeness (QED) is 0.876. The van der Waals surface area contributed by atoms with Crippen LogP contribution in [-0.2, 0) is 4.74 Å². The fourth-order valence-corrected chi connectivity index (χ4v) is 2.73. The second-order valence-electron chi connectivity index (χ2n) is 5.45. The van der Waals surface area contributed by atoms with E-state index in [0.717, 1.165) is 30.9 Å². The van der Waals surface area contributed by atoms with Gasteiger partial charge >= 0.3 is 0 Å². The molecule has 0 radical (unpaired) electrons. The number of hydrogen-bond donors (Lipinski definition) is 1. The summed E-state index contributed by atoms with van der Waals surface area (Å²) in [4.78, 5) is 0. The number of rotatable bonds is 3. The summed E-state index contributed by atoms with van der Waals surface area (Å²) in [6, 6.07) is 6.50. The molecule has 100 valence electrons. The minimum absolute atomic E-state index is 0.0241. The lowest BCUT2D eigenvalue weighted by Gasteiger charge is -2.38. The van der Waals surface area contributed by atoms with Gasteiger partial charge in [0.05, 0.1) is 5.60 Å². The van der Waals surface area contributed by atoms with Crippen LogP contribution in [0.1, 0.15) is 38.7 Å². The third kappa shape index (κ3) is 3.18. The normalized spacial score (nSPS) is 28.1. The SMILES string of the molecule is CCC1(C)CC(Nc2ccc(Cl)cc2C)CCO1. The maximum atomic E-state index is 5.98. The molecule has 1 aromatic carbocycles. The Morgan fingerprint density at radius 1 is 1.50 bits per heavy atom. The van der Waals surface area contributed by atoms with Crippen molar-refractivity contribution in [3.05, 3.63) is 28.8 Å². The van der Waals surface area contributed by atoms with Crippen LogP contribution in [0.15, 0.2) is 18.2 Å². The van der Waals surface area contributed by atoms with Gasteiger partial charge in [-0.3, -0.25) is 0 Å². The zero-order valence-electron chi connectivity index (χ0n) is 11.4. The predicted molar refractivity (Wildman–Crippen MR) is 77.5 cm³/mol. The summed E-state index contributed by atoms with van der Waals surface area (Å²) in [5.41, 5.74) is 2.41. The van der Waals surface area contributed by atoms with Crippen molar-refractivity contribution in [2.24, 2.45) is 0 Å². The number of ether oxygens (including phenoxy) is 1. The molecule has 2 atom stereocenters. The van der Waals surface area contributed by atoms with Crippen LogP contribution < -0.4 is 5.32 Å². The van der Waals surface area contributed by atoms with Gasteiger partial charge in [-0.1, -0.05) is 18.5 Å². The monoisotopic (exact) mass is 267 g/mol. The van der Waals surface area contributed by atoms with Crippen LogP contribution in [0.4, 0.5) is 5.69 Å². The Hall–Kier alpha value is -0.730. The van der Waals surface area contributed by atoms with Crippen LogP contribution in [0.25, 0.3) is 0 Å². The molecular weight excluding hydrogens is 246 g/mol. The van der Waals surface area contributed by atoms with Crippen LogP contribution in [0, 0.1) is 6.92 Å². The number of hydrogen-bond acceptors (Lipinski definition) is 2. The fraction of sp³-hybridized carbons (Fsp3) is 0.600. The third-order valence-corrected chi connectivity index (χ3v) is 4.13. The van der Waals surface area contributed by atoms with E-state index in [1.807, 2.05) is 12.1 Å². The molecule has 2 unspecified atom stereocenters. The molecule has 1 saturated heterocycles. The summed E-state index contributed by atoms with van der Waals surface area (Å²) in [5, 5.41) is 4.42. The molecule has 1 aliphatic rings. The van der Waals surface area contributed by atoms with E-state index >= 15 is 0 Å². The van der Waals surface area contributed by atoms with Gasteiger partial charge in [-0.05, 0) is 56.9 Å². The highest BCUT2D eigenvalue weighted by atomic mass is 35.5. The summed E-state index contributed by atoms with van der Waals surface area (Å²) >= 11 is 5.98. The van der Waals surface area contributed by atoms with Gasteiger partial charge in [0.25, 0.3) is 0 Å². The maximum absolute atomic E-state index is 5.98. The second-order valence-corrected chi connectivity index (χ2v) is 5.88. The largest absolute Gasteiger partial charge is 0.382 e. The number of halogens is 1. The molecule has 0 bridgehead atoms.